The van der Waals surface area contributed by atoms with Crippen molar-refractivity contribution in [2.24, 2.45) is 5.73 Å². The molecule has 1 rings (SSSR count). The Morgan fingerprint density at radius 2 is 2.14 bits per heavy atom. The zero-order chi connectivity index (χ0) is 10.7. The number of halogens is 2. The smallest absolute Gasteiger partial charge is 0.147 e. The lowest BCUT2D eigenvalue weighted by molar-refractivity contribution is 0.611. The Morgan fingerprint density at radius 1 is 1.50 bits per heavy atom. The molecule has 0 aromatic heterocycles. The monoisotopic (exact) mass is 216 g/mol. The molecule has 0 aliphatic rings. The molecule has 1 atom stereocenters. The Kier molecular flexibility index (Phi) is 3.72. The number of nitrogen functional groups attached to an aromatic ring is 1. The molecule has 0 heterocycles. The second-order valence-corrected chi connectivity index (χ2v) is 3.72. The third kappa shape index (κ3) is 2.36. The maximum atomic E-state index is 13.2. The predicted octanol–water partition coefficient (Wildman–Crippen LogP) is 2.86. The van der Waals surface area contributed by atoms with Crippen LogP contribution in [0.5, 0.6) is 0 Å². The molecular weight excluding hydrogens is 203 g/mol. The molecule has 4 N–H and O–H groups in total. The highest BCUT2D eigenvalue weighted by atomic mass is 35.5. The van der Waals surface area contributed by atoms with Crippen molar-refractivity contribution in [2.45, 2.75) is 25.8 Å². The third-order valence-corrected chi connectivity index (χ3v) is 2.34. The molecule has 0 saturated carbocycles. The highest BCUT2D eigenvalue weighted by molar-refractivity contribution is 6.30. The SMILES string of the molecule is CCCC(N)c1cc(Cl)cc(F)c1N. The van der Waals surface area contributed by atoms with E-state index in [1.165, 1.54) is 6.07 Å². The van der Waals surface area contributed by atoms with E-state index < -0.39 is 5.82 Å². The summed E-state index contributed by atoms with van der Waals surface area (Å²) < 4.78 is 13.2. The Morgan fingerprint density at radius 3 is 2.71 bits per heavy atom. The molecule has 0 bridgehead atoms. The summed E-state index contributed by atoms with van der Waals surface area (Å²) in [5, 5.41) is 0.332. The van der Waals surface area contributed by atoms with Crippen molar-refractivity contribution >= 4 is 17.3 Å². The fourth-order valence-electron chi connectivity index (χ4n) is 1.38. The normalized spacial score (nSPS) is 12.9. The van der Waals surface area contributed by atoms with Gasteiger partial charge in [-0.25, -0.2) is 4.39 Å². The van der Waals surface area contributed by atoms with Gasteiger partial charge in [-0.3, -0.25) is 0 Å². The molecule has 4 heteroatoms. The van der Waals surface area contributed by atoms with Crippen molar-refractivity contribution in [3.8, 4) is 0 Å². The summed E-state index contributed by atoms with van der Waals surface area (Å²) in [6, 6.07) is 2.58. The number of anilines is 1. The number of benzene rings is 1. The van der Waals surface area contributed by atoms with E-state index in [0.717, 1.165) is 12.8 Å². The Labute approximate surface area is 88.0 Å². The average Bonchev–Trinajstić information content (AvgIpc) is 2.11. The highest BCUT2D eigenvalue weighted by Gasteiger charge is 2.13. The van der Waals surface area contributed by atoms with Crippen molar-refractivity contribution in [2.75, 3.05) is 5.73 Å². The lowest BCUT2D eigenvalue weighted by Gasteiger charge is -2.14. The Balaban J connectivity index is 3.07. The number of hydrogen-bond acceptors (Lipinski definition) is 2. The first-order valence-corrected chi connectivity index (χ1v) is 4.94. The Hall–Kier alpha value is -0.800. The molecule has 1 unspecified atom stereocenters. The minimum atomic E-state index is -0.501. The number of rotatable bonds is 3. The fourth-order valence-corrected chi connectivity index (χ4v) is 1.59. The van der Waals surface area contributed by atoms with Gasteiger partial charge in [0.1, 0.15) is 5.82 Å². The van der Waals surface area contributed by atoms with E-state index in [1.54, 1.807) is 6.07 Å². The predicted molar refractivity (Wildman–Crippen MR) is 57.7 cm³/mol. The summed E-state index contributed by atoms with van der Waals surface area (Å²) in [6.07, 6.45) is 1.69. The molecule has 2 nitrogen and oxygen atoms in total. The van der Waals surface area contributed by atoms with E-state index in [-0.39, 0.29) is 11.7 Å². The van der Waals surface area contributed by atoms with Gasteiger partial charge in [0.15, 0.2) is 0 Å². The molecule has 1 aromatic rings. The first-order valence-electron chi connectivity index (χ1n) is 4.56. The van der Waals surface area contributed by atoms with Crippen LogP contribution in [-0.4, -0.2) is 0 Å². The van der Waals surface area contributed by atoms with Crippen LogP contribution in [0.3, 0.4) is 0 Å². The Bertz CT molecular complexity index is 328. The summed E-state index contributed by atoms with van der Waals surface area (Å²) in [5.74, 6) is -0.501. The van der Waals surface area contributed by atoms with Gasteiger partial charge >= 0.3 is 0 Å². The zero-order valence-corrected chi connectivity index (χ0v) is 8.81. The molecule has 0 fully saturated rings. The minimum absolute atomic E-state index is 0.107. The van der Waals surface area contributed by atoms with Gasteiger partial charge in [0.05, 0.1) is 5.69 Å². The van der Waals surface area contributed by atoms with Gasteiger partial charge in [0, 0.05) is 11.1 Å². The lowest BCUT2D eigenvalue weighted by atomic mass is 10.0. The van der Waals surface area contributed by atoms with Gasteiger partial charge in [0.2, 0.25) is 0 Å². The second kappa shape index (κ2) is 4.62. The van der Waals surface area contributed by atoms with Crippen LogP contribution in [0, 0.1) is 5.82 Å². The molecular formula is C10H14ClFN2. The maximum absolute atomic E-state index is 13.2. The molecule has 0 spiro atoms. The van der Waals surface area contributed by atoms with E-state index in [9.17, 15) is 4.39 Å². The van der Waals surface area contributed by atoms with Gasteiger partial charge in [0.25, 0.3) is 0 Å². The van der Waals surface area contributed by atoms with E-state index in [4.69, 9.17) is 23.1 Å². The number of nitrogens with two attached hydrogens (primary N) is 2. The first kappa shape index (κ1) is 11.3. The average molecular weight is 217 g/mol. The van der Waals surface area contributed by atoms with Gasteiger partial charge < -0.3 is 11.5 Å². The van der Waals surface area contributed by atoms with Gasteiger partial charge in [-0.1, -0.05) is 24.9 Å². The fraction of sp³-hybridized carbons (Fsp3) is 0.400. The largest absolute Gasteiger partial charge is 0.396 e. The van der Waals surface area contributed by atoms with Crippen LogP contribution in [-0.2, 0) is 0 Å². The zero-order valence-electron chi connectivity index (χ0n) is 8.06. The van der Waals surface area contributed by atoms with E-state index in [0.29, 0.717) is 10.6 Å². The first-order chi connectivity index (χ1) is 6.56. The molecule has 1 aromatic carbocycles. The topological polar surface area (TPSA) is 52.0 Å². The molecule has 0 aliphatic heterocycles. The van der Waals surface area contributed by atoms with Crippen LogP contribution in [0.25, 0.3) is 0 Å². The van der Waals surface area contributed by atoms with Crippen LogP contribution in [0.1, 0.15) is 31.4 Å². The summed E-state index contributed by atoms with van der Waals surface area (Å²) in [5.41, 5.74) is 12.1. The number of hydrogen-bond donors (Lipinski definition) is 2. The van der Waals surface area contributed by atoms with Crippen LogP contribution >= 0.6 is 11.6 Å². The van der Waals surface area contributed by atoms with Crippen molar-refractivity contribution in [3.05, 3.63) is 28.5 Å². The minimum Gasteiger partial charge on any atom is -0.396 e. The highest BCUT2D eigenvalue weighted by Crippen LogP contribution is 2.28. The van der Waals surface area contributed by atoms with Crippen LogP contribution < -0.4 is 11.5 Å². The molecule has 0 amide bonds. The van der Waals surface area contributed by atoms with Gasteiger partial charge in [-0.2, -0.15) is 0 Å². The summed E-state index contributed by atoms with van der Waals surface area (Å²) in [6.45, 7) is 2.01. The maximum Gasteiger partial charge on any atom is 0.147 e. The van der Waals surface area contributed by atoms with Crippen LogP contribution in [0.15, 0.2) is 12.1 Å². The summed E-state index contributed by atoms with van der Waals surface area (Å²) >= 11 is 5.72. The van der Waals surface area contributed by atoms with Gasteiger partial charge in [-0.15, -0.1) is 0 Å². The van der Waals surface area contributed by atoms with Crippen molar-refractivity contribution in [1.29, 1.82) is 0 Å². The van der Waals surface area contributed by atoms with E-state index in [1.807, 2.05) is 6.92 Å². The van der Waals surface area contributed by atoms with Crippen LogP contribution in [0.2, 0.25) is 5.02 Å². The van der Waals surface area contributed by atoms with E-state index >= 15 is 0 Å². The molecule has 0 radical (unpaired) electrons. The second-order valence-electron chi connectivity index (χ2n) is 3.29. The van der Waals surface area contributed by atoms with Crippen molar-refractivity contribution in [1.82, 2.24) is 0 Å². The quantitative estimate of drug-likeness (QED) is 0.764. The molecule has 14 heavy (non-hydrogen) atoms. The van der Waals surface area contributed by atoms with Crippen molar-refractivity contribution in [3.63, 3.8) is 0 Å². The lowest BCUT2D eigenvalue weighted by Crippen LogP contribution is -2.13. The molecule has 0 saturated heterocycles. The molecule has 0 aliphatic carbocycles. The van der Waals surface area contributed by atoms with Gasteiger partial charge in [-0.05, 0) is 24.1 Å². The summed E-state index contributed by atoms with van der Waals surface area (Å²) in [7, 11) is 0. The van der Waals surface area contributed by atoms with E-state index in [2.05, 4.69) is 0 Å². The third-order valence-electron chi connectivity index (χ3n) is 2.13. The van der Waals surface area contributed by atoms with Crippen LogP contribution in [0.4, 0.5) is 10.1 Å². The van der Waals surface area contributed by atoms with Crippen molar-refractivity contribution < 1.29 is 4.39 Å². The molecule has 78 valence electrons. The summed E-state index contributed by atoms with van der Waals surface area (Å²) in [4.78, 5) is 0. The standard InChI is InChI=1S/C10H14ClFN2/c1-2-3-9(13)7-4-6(11)5-8(12)10(7)14/h4-5,9H,2-3,13-14H2,1H3.